The summed E-state index contributed by atoms with van der Waals surface area (Å²) in [6.07, 6.45) is 4.62. The van der Waals surface area contributed by atoms with Crippen LogP contribution in [0.1, 0.15) is 17.7 Å². The lowest BCUT2D eigenvalue weighted by Crippen LogP contribution is -2.26. The first kappa shape index (κ1) is 15.9. The van der Waals surface area contributed by atoms with E-state index in [0.29, 0.717) is 17.4 Å². The first-order chi connectivity index (χ1) is 9.90. The molecule has 0 radical (unpaired) electrons. The van der Waals surface area contributed by atoms with E-state index in [4.69, 9.17) is 5.73 Å². The van der Waals surface area contributed by atoms with E-state index >= 15 is 0 Å². The number of sulfonamides is 1. The average Bonchev–Trinajstić information content (AvgIpc) is 2.83. The second kappa shape index (κ2) is 6.54. The van der Waals surface area contributed by atoms with Crippen molar-refractivity contribution in [1.82, 2.24) is 19.9 Å². The molecule has 2 rings (SSSR count). The van der Waals surface area contributed by atoms with Gasteiger partial charge in [0.15, 0.2) is 0 Å². The van der Waals surface area contributed by atoms with Crippen LogP contribution < -0.4 is 10.5 Å². The Balaban J connectivity index is 1.95. The third kappa shape index (κ3) is 4.02. The van der Waals surface area contributed by atoms with Crippen LogP contribution in [0.5, 0.6) is 0 Å². The molecule has 0 saturated carbocycles. The largest absolute Gasteiger partial charge is 0.383 e. The summed E-state index contributed by atoms with van der Waals surface area (Å²) in [7, 11) is -3.66. The van der Waals surface area contributed by atoms with Crippen molar-refractivity contribution >= 4 is 31.8 Å². The van der Waals surface area contributed by atoms with E-state index in [1.54, 1.807) is 6.20 Å². The van der Waals surface area contributed by atoms with E-state index in [2.05, 4.69) is 35.8 Å². The van der Waals surface area contributed by atoms with Gasteiger partial charge in [0.25, 0.3) is 0 Å². The number of hydrogen-bond acceptors (Lipinski definition) is 5. The smallest absolute Gasteiger partial charge is 0.244 e. The third-order valence-electron chi connectivity index (χ3n) is 2.99. The Kier molecular flexibility index (Phi) is 4.96. The molecule has 0 aliphatic carbocycles. The number of nitrogens with one attached hydrogen (secondary N) is 2. The van der Waals surface area contributed by atoms with Gasteiger partial charge >= 0.3 is 0 Å². The molecule has 0 spiro atoms. The summed E-state index contributed by atoms with van der Waals surface area (Å²) in [5.41, 5.74) is 7.69. The van der Waals surface area contributed by atoms with Crippen molar-refractivity contribution in [3.05, 3.63) is 34.2 Å². The normalized spacial score (nSPS) is 11.7. The Morgan fingerprint density at radius 3 is 2.86 bits per heavy atom. The zero-order valence-electron chi connectivity index (χ0n) is 11.4. The van der Waals surface area contributed by atoms with Crippen LogP contribution in [0, 0.1) is 6.92 Å². The van der Waals surface area contributed by atoms with E-state index in [1.807, 2.05) is 6.92 Å². The Bertz CT molecular complexity index is 729. The monoisotopic (exact) mass is 373 g/mol. The van der Waals surface area contributed by atoms with E-state index in [0.717, 1.165) is 17.7 Å². The lowest BCUT2D eigenvalue weighted by molar-refractivity contribution is 0.579. The molecule has 0 aliphatic rings. The van der Waals surface area contributed by atoms with Gasteiger partial charge in [0.1, 0.15) is 10.7 Å². The number of aromatic amines is 1. The van der Waals surface area contributed by atoms with Gasteiger partial charge in [-0.1, -0.05) is 0 Å². The zero-order chi connectivity index (χ0) is 15.5. The molecule has 0 fully saturated rings. The number of anilines is 1. The molecule has 0 unspecified atom stereocenters. The standard InChI is InChI=1S/C12H16BrN5O2S/c1-8-9(6-16-18-8)3-2-4-17-21(19,20)11-5-10(13)7-15-12(11)14/h5-7,17H,2-4H2,1H3,(H2,14,15)(H,16,18). The van der Waals surface area contributed by atoms with Crippen molar-refractivity contribution in [1.29, 1.82) is 0 Å². The van der Waals surface area contributed by atoms with Crippen LogP contribution in [0.4, 0.5) is 5.82 Å². The number of rotatable bonds is 6. The molecule has 0 aromatic carbocycles. The minimum atomic E-state index is -3.66. The van der Waals surface area contributed by atoms with Crippen molar-refractivity contribution in [2.24, 2.45) is 0 Å². The van der Waals surface area contributed by atoms with Crippen LogP contribution >= 0.6 is 15.9 Å². The Morgan fingerprint density at radius 1 is 1.43 bits per heavy atom. The molecule has 4 N–H and O–H groups in total. The predicted molar refractivity (Wildman–Crippen MR) is 83.2 cm³/mol. The topological polar surface area (TPSA) is 114 Å². The molecular weight excluding hydrogens is 358 g/mol. The molecule has 21 heavy (non-hydrogen) atoms. The van der Waals surface area contributed by atoms with Gasteiger partial charge in [0.05, 0.1) is 6.20 Å². The van der Waals surface area contributed by atoms with E-state index in [-0.39, 0.29) is 10.7 Å². The molecule has 2 heterocycles. The van der Waals surface area contributed by atoms with Crippen molar-refractivity contribution in [3.63, 3.8) is 0 Å². The summed E-state index contributed by atoms with van der Waals surface area (Å²) < 4.78 is 27.4. The maximum atomic E-state index is 12.2. The second-order valence-electron chi connectivity index (χ2n) is 4.56. The molecule has 2 aromatic heterocycles. The van der Waals surface area contributed by atoms with Gasteiger partial charge in [-0.3, -0.25) is 5.10 Å². The third-order valence-corrected chi connectivity index (χ3v) is 4.91. The molecule has 7 nitrogen and oxygen atoms in total. The number of aromatic nitrogens is 3. The van der Waals surface area contributed by atoms with E-state index < -0.39 is 10.0 Å². The summed E-state index contributed by atoms with van der Waals surface area (Å²) >= 11 is 3.18. The van der Waals surface area contributed by atoms with Crippen LogP contribution in [0.2, 0.25) is 0 Å². The lowest BCUT2D eigenvalue weighted by atomic mass is 10.1. The van der Waals surface area contributed by atoms with Crippen LogP contribution in [0.3, 0.4) is 0 Å². The molecule has 0 aliphatic heterocycles. The molecule has 2 aromatic rings. The van der Waals surface area contributed by atoms with Crippen molar-refractivity contribution in [2.45, 2.75) is 24.7 Å². The predicted octanol–water partition coefficient (Wildman–Crippen LogP) is 1.37. The molecule has 0 saturated heterocycles. The number of halogens is 1. The zero-order valence-corrected chi connectivity index (χ0v) is 13.8. The molecule has 114 valence electrons. The Morgan fingerprint density at radius 2 is 2.19 bits per heavy atom. The summed E-state index contributed by atoms with van der Waals surface area (Å²) in [5.74, 6) is -0.0172. The minimum Gasteiger partial charge on any atom is -0.383 e. The highest BCUT2D eigenvalue weighted by atomic mass is 79.9. The van der Waals surface area contributed by atoms with Gasteiger partial charge < -0.3 is 5.73 Å². The van der Waals surface area contributed by atoms with Crippen LogP contribution in [-0.4, -0.2) is 30.1 Å². The van der Waals surface area contributed by atoms with Gasteiger partial charge in [-0.05, 0) is 47.3 Å². The quantitative estimate of drug-likeness (QED) is 0.661. The second-order valence-corrected chi connectivity index (χ2v) is 7.21. The number of aryl methyl sites for hydroxylation is 2. The number of nitrogens with zero attached hydrogens (tertiary/aromatic N) is 2. The summed E-state index contributed by atoms with van der Waals surface area (Å²) in [6, 6.07) is 1.44. The van der Waals surface area contributed by atoms with Crippen LogP contribution in [0.15, 0.2) is 27.8 Å². The average molecular weight is 374 g/mol. The highest BCUT2D eigenvalue weighted by Gasteiger charge is 2.18. The number of nitrogens with two attached hydrogens (primary N) is 1. The van der Waals surface area contributed by atoms with Gasteiger partial charge in [-0.25, -0.2) is 18.1 Å². The fourth-order valence-electron chi connectivity index (χ4n) is 1.84. The summed E-state index contributed by atoms with van der Waals surface area (Å²) in [6.45, 7) is 2.25. The van der Waals surface area contributed by atoms with Gasteiger partial charge in [-0.2, -0.15) is 5.10 Å². The van der Waals surface area contributed by atoms with Crippen molar-refractivity contribution in [2.75, 3.05) is 12.3 Å². The van der Waals surface area contributed by atoms with Gasteiger partial charge in [-0.15, -0.1) is 0 Å². The number of pyridine rings is 1. The number of H-pyrrole nitrogens is 1. The molecular formula is C12H16BrN5O2S. The van der Waals surface area contributed by atoms with Crippen LogP contribution in [-0.2, 0) is 16.4 Å². The summed E-state index contributed by atoms with van der Waals surface area (Å²) in [4.78, 5) is 3.81. The van der Waals surface area contributed by atoms with E-state index in [1.165, 1.54) is 12.3 Å². The van der Waals surface area contributed by atoms with Gasteiger partial charge in [0, 0.05) is 22.9 Å². The van der Waals surface area contributed by atoms with E-state index in [9.17, 15) is 8.42 Å². The van der Waals surface area contributed by atoms with Crippen LogP contribution in [0.25, 0.3) is 0 Å². The molecule has 0 bridgehead atoms. The summed E-state index contributed by atoms with van der Waals surface area (Å²) in [5, 5.41) is 6.77. The van der Waals surface area contributed by atoms with Crippen molar-refractivity contribution in [3.8, 4) is 0 Å². The fourth-order valence-corrected chi connectivity index (χ4v) is 3.50. The molecule has 9 heteroatoms. The Hall–Kier alpha value is -1.45. The highest BCUT2D eigenvalue weighted by molar-refractivity contribution is 9.10. The number of hydrogen-bond donors (Lipinski definition) is 3. The maximum absolute atomic E-state index is 12.2. The first-order valence-corrected chi connectivity index (χ1v) is 8.57. The Labute approximate surface area is 131 Å². The SMILES string of the molecule is Cc1[nH]ncc1CCCNS(=O)(=O)c1cc(Br)cnc1N. The maximum Gasteiger partial charge on any atom is 0.244 e. The highest BCUT2D eigenvalue weighted by Crippen LogP contribution is 2.20. The minimum absolute atomic E-state index is 0.0172. The number of nitrogen functional groups attached to an aromatic ring is 1. The fraction of sp³-hybridized carbons (Fsp3) is 0.333. The first-order valence-electron chi connectivity index (χ1n) is 6.29. The lowest BCUT2D eigenvalue weighted by Gasteiger charge is -2.08. The van der Waals surface area contributed by atoms with Gasteiger partial charge in [0.2, 0.25) is 10.0 Å². The van der Waals surface area contributed by atoms with Crippen molar-refractivity contribution < 1.29 is 8.42 Å². The molecule has 0 atom stereocenters. The molecule has 0 amide bonds.